The maximum atomic E-state index is 9.79. The first-order valence-corrected chi connectivity index (χ1v) is 2.82. The third-order valence-electron chi connectivity index (χ3n) is 0.926. The summed E-state index contributed by atoms with van der Waals surface area (Å²) in [6.07, 6.45) is 0.917. The van der Waals surface area contributed by atoms with Gasteiger partial charge in [-0.1, -0.05) is 13.8 Å². The molecule has 0 spiro atoms. The highest BCUT2D eigenvalue weighted by atomic mass is 16.4. The molecule has 9 heavy (non-hydrogen) atoms. The van der Waals surface area contributed by atoms with Crippen LogP contribution in [0.1, 0.15) is 26.7 Å². The molecule has 0 aromatic heterocycles. The number of hydrogen-bond acceptors (Lipinski definition) is 2. The van der Waals surface area contributed by atoms with Crippen LogP contribution < -0.4 is 11.3 Å². The molecule has 0 saturated carbocycles. The standard InChI is InChI=1S/C6H12O2.H3N/c1-5(2)3-4-6(7)8;/h5H,3-4H2,1-2H3,(H,7,8);1H3. The van der Waals surface area contributed by atoms with Gasteiger partial charge in [-0.15, -0.1) is 0 Å². The zero-order valence-corrected chi connectivity index (χ0v) is 6.31. The van der Waals surface area contributed by atoms with Gasteiger partial charge in [-0.2, -0.15) is 0 Å². The fourth-order valence-corrected chi connectivity index (χ4v) is 0.407. The molecule has 4 N–H and O–H groups in total. The number of quaternary nitrogens is 1. The summed E-state index contributed by atoms with van der Waals surface area (Å²) < 4.78 is 0. The second kappa shape index (κ2) is 5.56. The second-order valence-electron chi connectivity index (χ2n) is 2.30. The van der Waals surface area contributed by atoms with Crippen LogP contribution in [0, 0.1) is 5.92 Å². The van der Waals surface area contributed by atoms with Gasteiger partial charge in [-0.25, -0.2) is 0 Å². The van der Waals surface area contributed by atoms with E-state index >= 15 is 0 Å². The van der Waals surface area contributed by atoms with Crippen molar-refractivity contribution in [1.29, 1.82) is 0 Å². The first kappa shape index (κ1) is 11.3. The van der Waals surface area contributed by atoms with Crippen LogP contribution in [-0.4, -0.2) is 5.97 Å². The van der Waals surface area contributed by atoms with E-state index in [9.17, 15) is 9.90 Å². The van der Waals surface area contributed by atoms with Crippen LogP contribution in [0.3, 0.4) is 0 Å². The van der Waals surface area contributed by atoms with Crippen molar-refractivity contribution < 1.29 is 9.90 Å². The van der Waals surface area contributed by atoms with Gasteiger partial charge in [0, 0.05) is 5.97 Å². The smallest absolute Gasteiger partial charge is 0.0414 e. The molecule has 0 aliphatic rings. The van der Waals surface area contributed by atoms with Crippen molar-refractivity contribution in [2.24, 2.45) is 5.92 Å². The molecule has 0 aliphatic carbocycles. The van der Waals surface area contributed by atoms with Crippen molar-refractivity contribution in [3.8, 4) is 0 Å². The molecule has 0 saturated heterocycles. The highest BCUT2D eigenvalue weighted by Crippen LogP contribution is 2.01. The first-order valence-electron chi connectivity index (χ1n) is 2.82. The monoisotopic (exact) mass is 133 g/mol. The summed E-state index contributed by atoms with van der Waals surface area (Å²) in [5.41, 5.74) is 0. The van der Waals surface area contributed by atoms with E-state index in [2.05, 4.69) is 0 Å². The lowest BCUT2D eigenvalue weighted by atomic mass is 10.1. The van der Waals surface area contributed by atoms with Crippen LogP contribution in [0.4, 0.5) is 0 Å². The summed E-state index contributed by atoms with van der Waals surface area (Å²) in [6.45, 7) is 3.98. The molecule has 0 aromatic rings. The molecule has 0 rings (SSSR count). The molecule has 0 radical (unpaired) electrons. The van der Waals surface area contributed by atoms with Crippen LogP contribution >= 0.6 is 0 Å². The van der Waals surface area contributed by atoms with Gasteiger partial charge in [0.25, 0.3) is 0 Å². The maximum Gasteiger partial charge on any atom is 0.0414 e. The zero-order valence-electron chi connectivity index (χ0n) is 6.31. The summed E-state index contributed by atoms with van der Waals surface area (Å²) >= 11 is 0. The van der Waals surface area contributed by atoms with Crippen molar-refractivity contribution >= 4 is 5.97 Å². The molecule has 0 unspecified atom stereocenters. The summed E-state index contributed by atoms with van der Waals surface area (Å²) in [7, 11) is 0. The number of carboxylic acid groups (broad SMARTS) is 1. The lowest BCUT2D eigenvalue weighted by Crippen LogP contribution is -2.22. The Kier molecular flexibility index (Phi) is 6.96. The Hall–Kier alpha value is -0.570. The van der Waals surface area contributed by atoms with E-state index in [1.54, 1.807) is 0 Å². The fraction of sp³-hybridized carbons (Fsp3) is 0.833. The Morgan fingerprint density at radius 3 is 2.11 bits per heavy atom. The lowest BCUT2D eigenvalue weighted by Gasteiger charge is -2.03. The number of hydrogen-bond donors (Lipinski definition) is 1. The Morgan fingerprint density at radius 1 is 1.56 bits per heavy atom. The van der Waals surface area contributed by atoms with E-state index in [0.717, 1.165) is 6.42 Å². The highest BCUT2D eigenvalue weighted by molar-refractivity contribution is 5.64. The van der Waals surface area contributed by atoms with Gasteiger partial charge in [0.05, 0.1) is 0 Å². The minimum Gasteiger partial charge on any atom is -0.550 e. The van der Waals surface area contributed by atoms with Gasteiger partial charge in [-0.3, -0.25) is 0 Å². The van der Waals surface area contributed by atoms with Crippen molar-refractivity contribution in [3.05, 3.63) is 0 Å². The number of carboxylic acids is 1. The van der Waals surface area contributed by atoms with Crippen molar-refractivity contribution in [1.82, 2.24) is 6.15 Å². The van der Waals surface area contributed by atoms with Gasteiger partial charge in [0.15, 0.2) is 0 Å². The van der Waals surface area contributed by atoms with E-state index in [-0.39, 0.29) is 12.6 Å². The topological polar surface area (TPSA) is 76.6 Å². The Bertz CT molecular complexity index is 81.1. The van der Waals surface area contributed by atoms with E-state index in [0.29, 0.717) is 5.92 Å². The summed E-state index contributed by atoms with van der Waals surface area (Å²) in [5, 5.41) is 9.79. The molecule has 3 heteroatoms. The fourth-order valence-electron chi connectivity index (χ4n) is 0.407. The average Bonchev–Trinajstić information content (AvgIpc) is 1.61. The zero-order chi connectivity index (χ0) is 6.57. The van der Waals surface area contributed by atoms with Gasteiger partial charge in [0.1, 0.15) is 0 Å². The number of carbonyl (C=O) groups excluding carboxylic acids is 1. The van der Waals surface area contributed by atoms with Gasteiger partial charge >= 0.3 is 0 Å². The number of rotatable bonds is 3. The SMILES string of the molecule is CC(C)CCC(=O)[O-].[NH4+]. The van der Waals surface area contributed by atoms with Crippen LogP contribution in [-0.2, 0) is 4.79 Å². The normalized spacial score (nSPS) is 8.78. The molecule has 0 amide bonds. The van der Waals surface area contributed by atoms with Crippen molar-refractivity contribution in [3.63, 3.8) is 0 Å². The van der Waals surface area contributed by atoms with Crippen molar-refractivity contribution in [2.75, 3.05) is 0 Å². The minimum absolute atomic E-state index is 0. The van der Waals surface area contributed by atoms with Gasteiger partial charge in [0.2, 0.25) is 0 Å². The first-order chi connectivity index (χ1) is 3.63. The Morgan fingerprint density at radius 2 is 2.00 bits per heavy atom. The summed E-state index contributed by atoms with van der Waals surface area (Å²) in [6, 6.07) is 0. The molecular weight excluding hydrogens is 118 g/mol. The van der Waals surface area contributed by atoms with Gasteiger partial charge < -0.3 is 16.1 Å². The molecule has 0 bridgehead atoms. The van der Waals surface area contributed by atoms with E-state index in [1.807, 2.05) is 13.8 Å². The third kappa shape index (κ3) is 11.2. The second-order valence-corrected chi connectivity index (χ2v) is 2.30. The van der Waals surface area contributed by atoms with E-state index < -0.39 is 5.97 Å². The van der Waals surface area contributed by atoms with Crippen LogP contribution in [0.5, 0.6) is 0 Å². The van der Waals surface area contributed by atoms with E-state index in [4.69, 9.17) is 0 Å². The highest BCUT2D eigenvalue weighted by Gasteiger charge is 1.91. The average molecular weight is 133 g/mol. The predicted molar refractivity (Wildman–Crippen MR) is 35.1 cm³/mol. The predicted octanol–water partition coefficient (Wildman–Crippen LogP) is 0.549. The number of aliphatic carboxylic acids is 1. The minimum atomic E-state index is -0.946. The molecule has 0 atom stereocenters. The molecule has 56 valence electrons. The Balaban J connectivity index is 0. The van der Waals surface area contributed by atoms with Gasteiger partial charge in [-0.05, 0) is 18.8 Å². The largest absolute Gasteiger partial charge is 0.550 e. The Labute approximate surface area is 55.7 Å². The maximum absolute atomic E-state index is 9.79. The van der Waals surface area contributed by atoms with Crippen LogP contribution in [0.2, 0.25) is 0 Å². The summed E-state index contributed by atoms with van der Waals surface area (Å²) in [4.78, 5) is 9.79. The molecule has 0 aliphatic heterocycles. The van der Waals surface area contributed by atoms with Crippen molar-refractivity contribution in [2.45, 2.75) is 26.7 Å². The molecule has 3 nitrogen and oxygen atoms in total. The van der Waals surface area contributed by atoms with Crippen LogP contribution in [0.25, 0.3) is 0 Å². The quantitative estimate of drug-likeness (QED) is 0.610. The third-order valence-corrected chi connectivity index (χ3v) is 0.926. The molecular formula is C6H15NO2. The summed E-state index contributed by atoms with van der Waals surface area (Å²) in [5.74, 6) is -0.480. The lowest BCUT2D eigenvalue weighted by molar-refractivity contribution is -0.305. The molecule has 0 aromatic carbocycles. The van der Waals surface area contributed by atoms with E-state index in [1.165, 1.54) is 0 Å². The molecule has 0 heterocycles. The van der Waals surface area contributed by atoms with Crippen LogP contribution in [0.15, 0.2) is 0 Å². The number of carbonyl (C=O) groups is 1. The molecule has 0 fully saturated rings.